The Bertz CT molecular complexity index is 2220. The Kier molecular flexibility index (Phi) is 11.5. The Morgan fingerprint density at radius 2 is 1.69 bits per heavy atom. The highest BCUT2D eigenvalue weighted by Crippen LogP contribution is 2.49. The van der Waals surface area contributed by atoms with Gasteiger partial charge in [-0.3, -0.25) is 24.5 Å². The predicted octanol–water partition coefficient (Wildman–Crippen LogP) is 6.04. The number of rotatable bonds is 9. The van der Waals surface area contributed by atoms with Gasteiger partial charge in [-0.05, 0) is 126 Å². The second-order valence-electron chi connectivity index (χ2n) is 18.0. The van der Waals surface area contributed by atoms with Crippen LogP contribution in [-0.2, 0) is 14.4 Å². The summed E-state index contributed by atoms with van der Waals surface area (Å²) in [5, 5.41) is 8.34. The molecular weight excluding hydrogens is 795 g/mol. The first-order valence-corrected chi connectivity index (χ1v) is 21.3. The second-order valence-corrected chi connectivity index (χ2v) is 18.0. The number of imide groups is 1. The summed E-state index contributed by atoms with van der Waals surface area (Å²) >= 11 is 0. The zero-order valence-electron chi connectivity index (χ0n) is 35.0. The minimum atomic E-state index is -3.63. The monoisotopic (exact) mass is 847 g/mol. The highest BCUT2D eigenvalue weighted by molar-refractivity contribution is 6.02. The van der Waals surface area contributed by atoms with Gasteiger partial charge in [0.25, 0.3) is 11.8 Å². The van der Waals surface area contributed by atoms with E-state index in [1.54, 1.807) is 32.9 Å². The number of carbonyl (C=O) groups excluding carboxylic acids is 4. The van der Waals surface area contributed by atoms with Crippen LogP contribution in [0.15, 0.2) is 36.5 Å². The maximum atomic E-state index is 15.5. The Morgan fingerprint density at radius 3 is 2.36 bits per heavy atom. The van der Waals surface area contributed by atoms with E-state index >= 15 is 8.78 Å². The summed E-state index contributed by atoms with van der Waals surface area (Å²) in [5.74, 6) is -7.03. The molecule has 61 heavy (non-hydrogen) atoms. The molecule has 0 radical (unpaired) electrons. The molecule has 3 aromatic rings. The summed E-state index contributed by atoms with van der Waals surface area (Å²) in [6.45, 7) is 8.77. The fraction of sp³-hybridized carbons (Fsp3) is 0.545. The van der Waals surface area contributed by atoms with E-state index < -0.39 is 42.1 Å². The third-order valence-corrected chi connectivity index (χ3v) is 13.5. The van der Waals surface area contributed by atoms with E-state index in [0.717, 1.165) is 76.1 Å². The van der Waals surface area contributed by atoms with Gasteiger partial charge in [-0.25, -0.2) is 13.8 Å². The molecule has 5 heterocycles. The van der Waals surface area contributed by atoms with Gasteiger partial charge in [0.15, 0.2) is 5.82 Å². The third kappa shape index (κ3) is 8.62. The number of benzene rings is 2. The SMILES string of the molecule is Cc1cc(C(=O)NC2CC3(CCN(CC4CCN(c5ccc(C6CCC(=O)NC6=O)cc5F)CC4)CC3)C2)c(F)cc1Nc1ncc2c(n1)N(C(C)C)CC(F)(F)C(=O)N2C. The number of alkyl halides is 2. The maximum Gasteiger partial charge on any atom is 0.342 e. The molecular formula is C44H53F4N9O4. The molecule has 4 fully saturated rings. The molecule has 8 rings (SSSR count). The van der Waals surface area contributed by atoms with Crippen molar-refractivity contribution in [3.8, 4) is 0 Å². The van der Waals surface area contributed by atoms with Crippen LogP contribution in [0.5, 0.6) is 0 Å². The number of nitrogens with zero attached hydrogens (tertiary/aromatic N) is 6. The van der Waals surface area contributed by atoms with Crippen LogP contribution in [0.4, 0.5) is 46.4 Å². The molecule has 4 amide bonds. The molecule has 1 aromatic heterocycles. The quantitative estimate of drug-likeness (QED) is 0.172. The number of anilines is 5. The smallest absolute Gasteiger partial charge is 0.342 e. The number of piperidine rings is 3. The first kappa shape index (κ1) is 42.4. The van der Waals surface area contributed by atoms with Crippen molar-refractivity contribution in [3.05, 3.63) is 64.9 Å². The van der Waals surface area contributed by atoms with Crippen LogP contribution >= 0.6 is 0 Å². The molecule has 3 saturated heterocycles. The lowest BCUT2D eigenvalue weighted by molar-refractivity contribution is -0.140. The van der Waals surface area contributed by atoms with Crippen molar-refractivity contribution in [2.45, 2.75) is 96.1 Å². The van der Waals surface area contributed by atoms with Crippen LogP contribution in [0.25, 0.3) is 0 Å². The number of likely N-dealkylation sites (tertiary alicyclic amines) is 1. The summed E-state index contributed by atoms with van der Waals surface area (Å²) in [6, 6.07) is 7.22. The molecule has 13 nitrogen and oxygen atoms in total. The van der Waals surface area contributed by atoms with Gasteiger partial charge in [0.05, 0.1) is 29.9 Å². The number of hydrogen-bond acceptors (Lipinski definition) is 10. The fourth-order valence-corrected chi connectivity index (χ4v) is 9.82. The van der Waals surface area contributed by atoms with Gasteiger partial charge in [0.1, 0.15) is 17.3 Å². The first-order chi connectivity index (χ1) is 29.0. The van der Waals surface area contributed by atoms with Gasteiger partial charge in [0, 0.05) is 50.9 Å². The van der Waals surface area contributed by atoms with Crippen molar-refractivity contribution in [3.63, 3.8) is 0 Å². The van der Waals surface area contributed by atoms with Gasteiger partial charge >= 0.3 is 5.92 Å². The van der Waals surface area contributed by atoms with E-state index in [9.17, 15) is 28.0 Å². The lowest BCUT2D eigenvalue weighted by atomic mass is 9.60. The highest BCUT2D eigenvalue weighted by Gasteiger charge is 2.48. The Balaban J connectivity index is 0.796. The van der Waals surface area contributed by atoms with Crippen LogP contribution in [0.3, 0.4) is 0 Å². The summed E-state index contributed by atoms with van der Waals surface area (Å²) in [4.78, 5) is 65.1. The normalized spacial score (nSPS) is 22.2. The standard InChI is InChI=1S/C44H53F4N9O4/c1-25(2)57-24-44(47,48)41(61)54(4)36-22-49-42(53-38(36)57)51-34-19-32(45)31(17-26(34)3)40(60)50-29-20-43(21-29)11-15-55(16-12-43)23-27-9-13-56(14-10-27)35-7-5-28(18-33(35)46)30-6-8-37(58)52-39(30)59/h5,7,17-19,22,25,27,29-30H,6,8-16,20-21,23-24H2,1-4H3,(H,50,60)(H,49,51,53)(H,52,58,59). The van der Waals surface area contributed by atoms with E-state index in [1.165, 1.54) is 36.3 Å². The molecule has 326 valence electrons. The van der Waals surface area contributed by atoms with Crippen molar-refractivity contribution in [1.82, 2.24) is 25.5 Å². The number of hydrogen-bond donors (Lipinski definition) is 3. The zero-order valence-corrected chi connectivity index (χ0v) is 35.0. The Morgan fingerprint density at radius 1 is 0.967 bits per heavy atom. The van der Waals surface area contributed by atoms with Crippen LogP contribution in [0, 0.1) is 29.9 Å². The van der Waals surface area contributed by atoms with Gasteiger partial charge in [-0.2, -0.15) is 13.8 Å². The summed E-state index contributed by atoms with van der Waals surface area (Å²) in [6.07, 6.45) is 7.59. The number of amides is 4. The topological polar surface area (TPSA) is 143 Å². The van der Waals surface area contributed by atoms with Crippen molar-refractivity contribution < 1.29 is 36.7 Å². The Hall–Kier alpha value is -5.32. The molecule has 1 saturated carbocycles. The van der Waals surface area contributed by atoms with Crippen molar-refractivity contribution >= 4 is 52.5 Å². The number of carbonyl (C=O) groups is 4. The minimum Gasteiger partial charge on any atom is -0.369 e. The molecule has 2 aromatic carbocycles. The molecule has 1 spiro atoms. The molecule has 1 aliphatic carbocycles. The third-order valence-electron chi connectivity index (χ3n) is 13.5. The number of nitrogens with one attached hydrogen (secondary N) is 3. The minimum absolute atomic E-state index is 0.0239. The first-order valence-electron chi connectivity index (χ1n) is 21.3. The van der Waals surface area contributed by atoms with E-state index in [-0.39, 0.29) is 58.5 Å². The molecule has 3 N–H and O–H groups in total. The van der Waals surface area contributed by atoms with E-state index in [0.29, 0.717) is 34.8 Å². The van der Waals surface area contributed by atoms with Crippen molar-refractivity contribution in [2.75, 3.05) is 66.3 Å². The summed E-state index contributed by atoms with van der Waals surface area (Å²) in [5.41, 5.74) is 2.22. The van der Waals surface area contributed by atoms with Crippen LogP contribution in [0.2, 0.25) is 0 Å². The number of aromatic nitrogens is 2. The predicted molar refractivity (Wildman–Crippen MR) is 222 cm³/mol. The molecule has 1 atom stereocenters. The van der Waals surface area contributed by atoms with Crippen molar-refractivity contribution in [1.29, 1.82) is 0 Å². The molecule has 5 aliphatic rings. The van der Waals surface area contributed by atoms with Crippen LogP contribution in [0.1, 0.15) is 92.6 Å². The average molecular weight is 848 g/mol. The van der Waals surface area contributed by atoms with E-state index in [2.05, 4.69) is 35.7 Å². The molecule has 0 bridgehead atoms. The van der Waals surface area contributed by atoms with Gasteiger partial charge in [-0.15, -0.1) is 0 Å². The highest BCUT2D eigenvalue weighted by atomic mass is 19.3. The maximum absolute atomic E-state index is 15.5. The van der Waals surface area contributed by atoms with Crippen LogP contribution < -0.4 is 30.7 Å². The molecule has 17 heteroatoms. The van der Waals surface area contributed by atoms with Gasteiger partial charge < -0.3 is 30.2 Å². The summed E-state index contributed by atoms with van der Waals surface area (Å²) in [7, 11) is 1.25. The zero-order chi connectivity index (χ0) is 43.4. The Labute approximate surface area is 352 Å². The second kappa shape index (κ2) is 16.5. The summed E-state index contributed by atoms with van der Waals surface area (Å²) < 4.78 is 60.2. The molecule has 1 unspecified atom stereocenters. The lowest BCUT2D eigenvalue weighted by Gasteiger charge is -2.52. The number of fused-ring (bicyclic) bond motifs is 1. The van der Waals surface area contributed by atoms with E-state index in [1.807, 2.05) is 0 Å². The van der Waals surface area contributed by atoms with E-state index in [4.69, 9.17) is 0 Å². The number of halogens is 4. The van der Waals surface area contributed by atoms with Crippen molar-refractivity contribution in [2.24, 2.45) is 11.3 Å². The fourth-order valence-electron chi connectivity index (χ4n) is 9.82. The van der Waals surface area contributed by atoms with Crippen LogP contribution in [-0.4, -0.2) is 103 Å². The lowest BCUT2D eigenvalue weighted by Crippen LogP contribution is -2.55. The largest absolute Gasteiger partial charge is 0.369 e. The average Bonchev–Trinajstić information content (AvgIpc) is 3.28. The van der Waals surface area contributed by atoms with Gasteiger partial charge in [-0.1, -0.05) is 6.07 Å². The molecule has 4 aliphatic heterocycles. The number of aryl methyl sites for hydroxylation is 1. The van der Waals surface area contributed by atoms with Gasteiger partial charge in [0.2, 0.25) is 17.8 Å².